The highest BCUT2D eigenvalue weighted by atomic mass is 19.4. The average molecular weight is 466 g/mol. The zero-order valence-corrected chi connectivity index (χ0v) is 17.5. The topological polar surface area (TPSA) is 123 Å². The number of methoxy groups -OCH3 is 1. The lowest BCUT2D eigenvalue weighted by molar-refractivity contribution is -0.274. The lowest BCUT2D eigenvalue weighted by Gasteiger charge is -2.15. The van der Waals surface area contributed by atoms with E-state index in [1.165, 1.54) is 12.3 Å². The minimum atomic E-state index is -4.96. The molecule has 0 saturated carbocycles. The van der Waals surface area contributed by atoms with Crippen LogP contribution in [-0.4, -0.2) is 58.6 Å². The second-order valence-corrected chi connectivity index (χ2v) is 7.55. The molecule has 3 aromatic rings. The van der Waals surface area contributed by atoms with Gasteiger partial charge >= 0.3 is 18.0 Å². The molecule has 2 aromatic heterocycles. The maximum Gasteiger partial charge on any atom is 0.573 e. The van der Waals surface area contributed by atoms with Crippen LogP contribution in [0.1, 0.15) is 22.3 Å². The molecule has 176 valence electrons. The first-order chi connectivity index (χ1) is 15.7. The SMILES string of the molecule is COC(=O)c1ccc(OC(F)(F)F)c(Cn2c(=O)[nH]c3cnc(NC[C@@H]4CCNC4)nc32)c1. The van der Waals surface area contributed by atoms with Crippen molar-refractivity contribution in [3.8, 4) is 5.75 Å². The molecule has 0 bridgehead atoms. The zero-order chi connectivity index (χ0) is 23.6. The highest BCUT2D eigenvalue weighted by molar-refractivity contribution is 5.89. The number of esters is 1. The predicted molar refractivity (Wildman–Crippen MR) is 111 cm³/mol. The van der Waals surface area contributed by atoms with Crippen LogP contribution < -0.4 is 21.1 Å². The molecule has 0 unspecified atom stereocenters. The number of aromatic amines is 1. The van der Waals surface area contributed by atoms with Gasteiger partial charge in [0.15, 0.2) is 5.65 Å². The first-order valence-electron chi connectivity index (χ1n) is 10.1. The Morgan fingerprint density at radius 2 is 2.18 bits per heavy atom. The highest BCUT2D eigenvalue weighted by Crippen LogP contribution is 2.28. The number of fused-ring (bicyclic) bond motifs is 1. The van der Waals surface area contributed by atoms with Crippen LogP contribution in [0.25, 0.3) is 11.2 Å². The van der Waals surface area contributed by atoms with Crippen molar-refractivity contribution in [1.82, 2.24) is 24.8 Å². The van der Waals surface area contributed by atoms with E-state index in [0.717, 1.165) is 43.3 Å². The lowest BCUT2D eigenvalue weighted by Crippen LogP contribution is -2.22. The van der Waals surface area contributed by atoms with Crippen molar-refractivity contribution in [2.24, 2.45) is 5.92 Å². The molecule has 0 radical (unpaired) electrons. The van der Waals surface area contributed by atoms with E-state index in [1.54, 1.807) is 0 Å². The number of hydrogen-bond donors (Lipinski definition) is 3. The summed E-state index contributed by atoms with van der Waals surface area (Å²) in [6, 6.07) is 3.34. The normalized spacial score (nSPS) is 16.2. The number of anilines is 1. The number of ether oxygens (including phenoxy) is 2. The van der Waals surface area contributed by atoms with Gasteiger partial charge in [-0.15, -0.1) is 13.2 Å². The summed E-state index contributed by atoms with van der Waals surface area (Å²) >= 11 is 0. The summed E-state index contributed by atoms with van der Waals surface area (Å²) in [6.07, 6.45) is -2.52. The first-order valence-corrected chi connectivity index (χ1v) is 10.1. The van der Waals surface area contributed by atoms with Crippen molar-refractivity contribution < 1.29 is 27.4 Å². The molecule has 33 heavy (non-hydrogen) atoms. The van der Waals surface area contributed by atoms with Crippen LogP contribution in [0.4, 0.5) is 19.1 Å². The van der Waals surface area contributed by atoms with E-state index in [0.29, 0.717) is 18.0 Å². The summed E-state index contributed by atoms with van der Waals surface area (Å²) < 4.78 is 48.6. The molecule has 1 atom stereocenters. The Kier molecular flexibility index (Phi) is 6.22. The molecule has 1 aliphatic heterocycles. The van der Waals surface area contributed by atoms with Gasteiger partial charge in [-0.05, 0) is 43.6 Å². The maximum atomic E-state index is 12.9. The number of rotatable bonds is 7. The predicted octanol–water partition coefficient (Wildman–Crippen LogP) is 1.87. The Morgan fingerprint density at radius 3 is 2.88 bits per heavy atom. The largest absolute Gasteiger partial charge is 0.573 e. The lowest BCUT2D eigenvalue weighted by atomic mass is 10.1. The molecular formula is C20H21F3N6O4. The highest BCUT2D eigenvalue weighted by Gasteiger charge is 2.32. The quantitative estimate of drug-likeness (QED) is 0.451. The number of halogens is 3. The molecule has 10 nitrogen and oxygen atoms in total. The Labute approximate surface area is 185 Å². The Morgan fingerprint density at radius 1 is 1.36 bits per heavy atom. The van der Waals surface area contributed by atoms with Crippen molar-refractivity contribution in [1.29, 1.82) is 0 Å². The summed E-state index contributed by atoms with van der Waals surface area (Å²) in [5.41, 5.74) is -0.128. The van der Waals surface area contributed by atoms with Gasteiger partial charge in [0, 0.05) is 12.1 Å². The fourth-order valence-corrected chi connectivity index (χ4v) is 3.64. The number of benzene rings is 1. The number of nitrogens with one attached hydrogen (secondary N) is 3. The third-order valence-electron chi connectivity index (χ3n) is 5.26. The molecule has 0 spiro atoms. The second-order valence-electron chi connectivity index (χ2n) is 7.55. The number of carbonyl (C=O) groups excluding carboxylic acids is 1. The number of hydrogen-bond acceptors (Lipinski definition) is 8. The van der Waals surface area contributed by atoms with E-state index in [2.05, 4.69) is 35.1 Å². The summed E-state index contributed by atoms with van der Waals surface area (Å²) in [7, 11) is 1.15. The van der Waals surface area contributed by atoms with E-state index in [4.69, 9.17) is 0 Å². The van der Waals surface area contributed by atoms with Gasteiger partial charge in [0.1, 0.15) is 11.3 Å². The van der Waals surface area contributed by atoms with Crippen LogP contribution >= 0.6 is 0 Å². The van der Waals surface area contributed by atoms with Crippen molar-refractivity contribution in [3.05, 3.63) is 46.0 Å². The van der Waals surface area contributed by atoms with Crippen LogP contribution in [0.3, 0.4) is 0 Å². The molecule has 1 saturated heterocycles. The average Bonchev–Trinajstić information content (AvgIpc) is 3.39. The minimum absolute atomic E-state index is 0.0112. The number of H-pyrrole nitrogens is 1. The van der Waals surface area contributed by atoms with E-state index in [-0.39, 0.29) is 29.3 Å². The monoisotopic (exact) mass is 466 g/mol. The van der Waals surface area contributed by atoms with Crippen LogP contribution in [0.15, 0.2) is 29.2 Å². The molecule has 0 amide bonds. The number of imidazole rings is 1. The van der Waals surface area contributed by atoms with E-state index < -0.39 is 23.8 Å². The molecule has 0 aliphatic carbocycles. The van der Waals surface area contributed by atoms with Gasteiger partial charge in [0.2, 0.25) is 5.95 Å². The van der Waals surface area contributed by atoms with Crippen LogP contribution in [0, 0.1) is 5.92 Å². The Hall–Kier alpha value is -3.61. The van der Waals surface area contributed by atoms with Gasteiger partial charge < -0.3 is 25.1 Å². The van der Waals surface area contributed by atoms with Crippen molar-refractivity contribution in [2.75, 3.05) is 32.1 Å². The third kappa shape index (κ3) is 5.25. The van der Waals surface area contributed by atoms with Crippen molar-refractivity contribution in [2.45, 2.75) is 19.3 Å². The van der Waals surface area contributed by atoms with Gasteiger partial charge in [-0.25, -0.2) is 14.6 Å². The van der Waals surface area contributed by atoms with Crippen molar-refractivity contribution >= 4 is 23.1 Å². The van der Waals surface area contributed by atoms with Gasteiger partial charge in [-0.3, -0.25) is 4.57 Å². The Bertz CT molecular complexity index is 1220. The van der Waals surface area contributed by atoms with Gasteiger partial charge in [-0.1, -0.05) is 0 Å². The molecule has 13 heteroatoms. The summed E-state index contributed by atoms with van der Waals surface area (Å²) in [6.45, 7) is 2.12. The zero-order valence-electron chi connectivity index (χ0n) is 17.5. The molecule has 1 aromatic carbocycles. The van der Waals surface area contributed by atoms with E-state index in [9.17, 15) is 22.8 Å². The third-order valence-corrected chi connectivity index (χ3v) is 5.26. The fraction of sp³-hybridized carbons (Fsp3) is 0.400. The smallest absolute Gasteiger partial charge is 0.465 e. The van der Waals surface area contributed by atoms with Gasteiger partial charge in [-0.2, -0.15) is 4.98 Å². The number of alkyl halides is 3. The number of aromatic nitrogens is 4. The summed E-state index contributed by atoms with van der Waals surface area (Å²) in [5, 5.41) is 6.39. The number of nitrogens with zero attached hydrogens (tertiary/aromatic N) is 3. The second kappa shape index (κ2) is 9.10. The summed E-state index contributed by atoms with van der Waals surface area (Å²) in [4.78, 5) is 35.6. The van der Waals surface area contributed by atoms with Gasteiger partial charge in [0.05, 0.1) is 25.4 Å². The van der Waals surface area contributed by atoms with Crippen LogP contribution in [-0.2, 0) is 11.3 Å². The van der Waals surface area contributed by atoms with Gasteiger partial charge in [0.25, 0.3) is 0 Å². The molecule has 3 N–H and O–H groups in total. The first kappa shape index (κ1) is 22.6. The Balaban J connectivity index is 1.68. The molecular weight excluding hydrogens is 445 g/mol. The van der Waals surface area contributed by atoms with Crippen molar-refractivity contribution in [3.63, 3.8) is 0 Å². The summed E-state index contributed by atoms with van der Waals surface area (Å²) in [5.74, 6) is -0.577. The molecule has 1 aliphatic rings. The maximum absolute atomic E-state index is 12.9. The molecule has 1 fully saturated rings. The number of carbonyl (C=O) groups is 1. The van der Waals surface area contributed by atoms with E-state index in [1.807, 2.05) is 0 Å². The molecule has 3 heterocycles. The van der Waals surface area contributed by atoms with E-state index >= 15 is 0 Å². The van der Waals surface area contributed by atoms with Crippen LogP contribution in [0.2, 0.25) is 0 Å². The van der Waals surface area contributed by atoms with Crippen LogP contribution in [0.5, 0.6) is 5.75 Å². The molecule has 4 rings (SSSR count). The minimum Gasteiger partial charge on any atom is -0.465 e. The fourth-order valence-electron chi connectivity index (χ4n) is 3.64. The standard InChI is InChI=1S/C20H21F3N6O4/c1-32-17(30)12-2-3-15(33-20(21,22)23)13(6-12)10-29-16-14(27-19(29)31)9-26-18(28-16)25-8-11-4-5-24-7-11/h2-3,6,9,11,24H,4-5,7-8,10H2,1H3,(H,27,31)(H,25,26,28)/t11-/m1/s1.